The lowest BCUT2D eigenvalue weighted by Gasteiger charge is -2.14. The minimum Gasteiger partial charge on any atom is -0.490 e. The molecule has 1 fully saturated rings. The van der Waals surface area contributed by atoms with E-state index in [-0.39, 0.29) is 17.7 Å². The Bertz CT molecular complexity index is 977. The number of imide groups is 1. The first-order valence-electron chi connectivity index (χ1n) is 9.01. The van der Waals surface area contributed by atoms with Gasteiger partial charge in [0.2, 0.25) is 0 Å². The average Bonchev–Trinajstić information content (AvgIpc) is 2.92. The summed E-state index contributed by atoms with van der Waals surface area (Å²) in [5.41, 5.74) is 1.63. The third-order valence-electron chi connectivity index (χ3n) is 4.02. The lowest BCUT2D eigenvalue weighted by atomic mass is 10.1. The van der Waals surface area contributed by atoms with Gasteiger partial charge in [0.1, 0.15) is 0 Å². The van der Waals surface area contributed by atoms with Gasteiger partial charge in [0.25, 0.3) is 11.1 Å². The third kappa shape index (κ3) is 5.24. The van der Waals surface area contributed by atoms with E-state index >= 15 is 0 Å². The van der Waals surface area contributed by atoms with Crippen LogP contribution in [0.5, 0.6) is 11.5 Å². The monoisotopic (exact) mass is 539 g/mol. The molecule has 3 rings (SSSR count). The van der Waals surface area contributed by atoms with Crippen molar-refractivity contribution in [2.75, 3.05) is 13.2 Å². The Labute approximate surface area is 190 Å². The van der Waals surface area contributed by atoms with Crippen molar-refractivity contribution in [2.45, 2.75) is 20.4 Å². The molecule has 2 aromatic rings. The predicted molar refractivity (Wildman–Crippen MR) is 122 cm³/mol. The van der Waals surface area contributed by atoms with Gasteiger partial charge in [-0.1, -0.05) is 28.1 Å². The van der Waals surface area contributed by atoms with Crippen molar-refractivity contribution in [2.24, 2.45) is 0 Å². The van der Waals surface area contributed by atoms with Crippen LogP contribution in [0.15, 0.2) is 50.2 Å². The van der Waals surface area contributed by atoms with Crippen LogP contribution in [0.2, 0.25) is 0 Å². The van der Waals surface area contributed by atoms with Crippen molar-refractivity contribution >= 4 is 60.8 Å². The maximum Gasteiger partial charge on any atom is 0.293 e. The summed E-state index contributed by atoms with van der Waals surface area (Å²) in [5, 5.41) is -0.281. The molecular weight excluding hydrogens is 522 g/mol. The van der Waals surface area contributed by atoms with Gasteiger partial charge in [-0.15, -0.1) is 0 Å². The summed E-state index contributed by atoms with van der Waals surface area (Å²) >= 11 is 7.85. The maximum absolute atomic E-state index is 12.8. The van der Waals surface area contributed by atoms with E-state index in [2.05, 4.69) is 31.9 Å². The number of thioether (sulfide) groups is 1. The molecular formula is C21H19Br2NO4S. The van der Waals surface area contributed by atoms with Gasteiger partial charge in [-0.05, 0) is 83.0 Å². The molecule has 5 nitrogen and oxygen atoms in total. The molecule has 0 bridgehead atoms. The maximum atomic E-state index is 12.8. The number of hydrogen-bond acceptors (Lipinski definition) is 5. The number of nitrogens with zero attached hydrogens (tertiary/aromatic N) is 1. The number of benzene rings is 2. The first kappa shape index (κ1) is 21.9. The second kappa shape index (κ2) is 9.82. The van der Waals surface area contributed by atoms with Crippen LogP contribution in [0.1, 0.15) is 25.0 Å². The summed E-state index contributed by atoms with van der Waals surface area (Å²) in [5.74, 6) is 0.903. The normalized spacial score (nSPS) is 15.3. The van der Waals surface area contributed by atoms with Gasteiger partial charge in [-0.2, -0.15) is 0 Å². The van der Waals surface area contributed by atoms with Crippen molar-refractivity contribution in [1.82, 2.24) is 4.90 Å². The Hall–Kier alpha value is -1.77. The SMILES string of the molecule is CCOc1cc(/C=C2/SC(=O)N(Cc3cccc(Br)c3)C2=O)cc(Br)c1OCC. The Morgan fingerprint density at radius 2 is 1.83 bits per heavy atom. The van der Waals surface area contributed by atoms with E-state index in [9.17, 15) is 9.59 Å². The molecule has 2 aromatic carbocycles. The molecule has 0 spiro atoms. The van der Waals surface area contributed by atoms with Crippen LogP contribution in [0.3, 0.4) is 0 Å². The summed E-state index contributed by atoms with van der Waals surface area (Å²) in [4.78, 5) is 26.9. The molecule has 0 unspecified atom stereocenters. The van der Waals surface area contributed by atoms with Crippen molar-refractivity contribution in [3.05, 3.63) is 61.4 Å². The minimum atomic E-state index is -0.303. The summed E-state index contributed by atoms with van der Waals surface area (Å²) in [6.07, 6.45) is 1.70. The molecule has 8 heteroatoms. The topological polar surface area (TPSA) is 55.8 Å². The highest BCUT2D eigenvalue weighted by molar-refractivity contribution is 9.10. The van der Waals surface area contributed by atoms with Gasteiger partial charge in [0, 0.05) is 4.47 Å². The third-order valence-corrected chi connectivity index (χ3v) is 6.01. The van der Waals surface area contributed by atoms with Crippen molar-refractivity contribution in [3.8, 4) is 11.5 Å². The van der Waals surface area contributed by atoms with Gasteiger partial charge in [0.15, 0.2) is 11.5 Å². The van der Waals surface area contributed by atoms with Crippen LogP contribution in [0, 0.1) is 0 Å². The van der Waals surface area contributed by atoms with Crippen LogP contribution in [-0.2, 0) is 11.3 Å². The van der Waals surface area contributed by atoms with Crippen molar-refractivity contribution in [3.63, 3.8) is 0 Å². The number of halogens is 2. The fraction of sp³-hybridized carbons (Fsp3) is 0.238. The molecule has 2 amide bonds. The van der Waals surface area contributed by atoms with E-state index in [4.69, 9.17) is 9.47 Å². The molecule has 1 aliphatic rings. The molecule has 152 valence electrons. The molecule has 0 saturated carbocycles. The highest BCUT2D eigenvalue weighted by Gasteiger charge is 2.35. The summed E-state index contributed by atoms with van der Waals surface area (Å²) in [6.45, 7) is 5.02. The molecule has 0 aliphatic carbocycles. The van der Waals surface area contributed by atoms with Gasteiger partial charge in [0.05, 0.1) is 29.1 Å². The Morgan fingerprint density at radius 3 is 2.52 bits per heavy atom. The van der Waals surface area contributed by atoms with Crippen LogP contribution < -0.4 is 9.47 Å². The molecule has 29 heavy (non-hydrogen) atoms. The summed E-state index contributed by atoms with van der Waals surface area (Å²) < 4.78 is 13.0. The molecule has 1 saturated heterocycles. The zero-order chi connectivity index (χ0) is 21.0. The lowest BCUT2D eigenvalue weighted by molar-refractivity contribution is -0.123. The lowest BCUT2D eigenvalue weighted by Crippen LogP contribution is -2.27. The van der Waals surface area contributed by atoms with Crippen LogP contribution >= 0.6 is 43.6 Å². The van der Waals surface area contributed by atoms with E-state index in [0.29, 0.717) is 29.6 Å². The Kier molecular flexibility index (Phi) is 7.43. The first-order valence-corrected chi connectivity index (χ1v) is 11.4. The molecule has 0 atom stereocenters. The fourth-order valence-corrected chi connectivity index (χ4v) is 4.68. The first-order chi connectivity index (χ1) is 13.9. The van der Waals surface area contributed by atoms with Gasteiger partial charge >= 0.3 is 0 Å². The average molecular weight is 541 g/mol. The second-order valence-corrected chi connectivity index (χ2v) is 8.86. The predicted octanol–water partition coefficient (Wildman–Crippen LogP) is 6.25. The molecule has 1 heterocycles. The van der Waals surface area contributed by atoms with Gasteiger partial charge < -0.3 is 9.47 Å². The van der Waals surface area contributed by atoms with Crippen molar-refractivity contribution in [1.29, 1.82) is 0 Å². The number of rotatable bonds is 7. The highest BCUT2D eigenvalue weighted by Crippen LogP contribution is 2.39. The number of carbonyl (C=O) groups is 2. The van der Waals surface area contributed by atoms with Gasteiger partial charge in [-0.25, -0.2) is 0 Å². The number of ether oxygens (including phenoxy) is 2. The zero-order valence-corrected chi connectivity index (χ0v) is 19.9. The molecule has 0 aromatic heterocycles. The number of carbonyl (C=O) groups excluding carboxylic acids is 2. The van der Waals surface area contributed by atoms with Crippen LogP contribution in [0.4, 0.5) is 4.79 Å². The Morgan fingerprint density at radius 1 is 1.07 bits per heavy atom. The standard InChI is InChI=1S/C21H19Br2NO4S/c1-3-27-17-10-14(9-16(23)19(17)28-4-2)11-18-20(25)24(21(26)29-18)12-13-6-5-7-15(22)8-13/h5-11H,3-4,12H2,1-2H3/b18-11+. The van der Waals surface area contributed by atoms with Crippen LogP contribution in [0.25, 0.3) is 6.08 Å². The second-order valence-electron chi connectivity index (χ2n) is 6.09. The highest BCUT2D eigenvalue weighted by atomic mass is 79.9. The van der Waals surface area contributed by atoms with E-state index in [1.165, 1.54) is 4.90 Å². The van der Waals surface area contributed by atoms with E-state index < -0.39 is 0 Å². The quantitative estimate of drug-likeness (QED) is 0.389. The van der Waals surface area contributed by atoms with Crippen molar-refractivity contribution < 1.29 is 19.1 Å². The fourth-order valence-electron chi connectivity index (χ4n) is 2.82. The molecule has 0 N–H and O–H groups in total. The smallest absolute Gasteiger partial charge is 0.293 e. The minimum absolute atomic E-state index is 0.235. The van der Waals surface area contributed by atoms with E-state index in [0.717, 1.165) is 31.8 Å². The number of amides is 2. The Balaban J connectivity index is 1.87. The zero-order valence-electron chi connectivity index (χ0n) is 15.9. The van der Waals surface area contributed by atoms with E-state index in [1.807, 2.05) is 50.2 Å². The largest absolute Gasteiger partial charge is 0.490 e. The molecule has 0 radical (unpaired) electrons. The summed E-state index contributed by atoms with van der Waals surface area (Å²) in [6, 6.07) is 11.2. The summed E-state index contributed by atoms with van der Waals surface area (Å²) in [7, 11) is 0. The number of hydrogen-bond donors (Lipinski definition) is 0. The van der Waals surface area contributed by atoms with E-state index in [1.54, 1.807) is 6.08 Å². The van der Waals surface area contributed by atoms with Crippen LogP contribution in [-0.4, -0.2) is 29.3 Å². The molecule has 1 aliphatic heterocycles. The van der Waals surface area contributed by atoms with Gasteiger partial charge in [-0.3, -0.25) is 14.5 Å².